The van der Waals surface area contributed by atoms with Crippen LogP contribution < -0.4 is 14.2 Å². The number of hydrogen-bond donors (Lipinski definition) is 1. The summed E-state index contributed by atoms with van der Waals surface area (Å²) < 4.78 is 41.6. The number of rotatable bonds is 3. The highest BCUT2D eigenvalue weighted by Crippen LogP contribution is 2.50. The van der Waals surface area contributed by atoms with E-state index in [1.807, 2.05) is 0 Å². The number of carbonyl (C=O) groups excluding carboxylic acids is 1. The van der Waals surface area contributed by atoms with Gasteiger partial charge >= 0.3 is 16.1 Å². The topological polar surface area (TPSA) is 90.9 Å². The summed E-state index contributed by atoms with van der Waals surface area (Å²) in [4.78, 5) is 12.5. The Kier molecular flexibility index (Phi) is 4.73. The molecule has 7 nitrogen and oxygen atoms in total. The molecule has 4 rings (SSSR count). The largest absolute Gasteiger partial charge is 0.497 e. The van der Waals surface area contributed by atoms with Crippen molar-refractivity contribution in [3.05, 3.63) is 58.6 Å². The first-order valence-electron chi connectivity index (χ1n) is 8.56. The van der Waals surface area contributed by atoms with Crippen molar-refractivity contribution in [1.82, 2.24) is 5.32 Å². The molecule has 0 amide bonds. The van der Waals surface area contributed by atoms with Crippen molar-refractivity contribution in [1.29, 1.82) is 0 Å². The van der Waals surface area contributed by atoms with Crippen LogP contribution in [0.3, 0.4) is 0 Å². The quantitative estimate of drug-likeness (QED) is 0.598. The fourth-order valence-electron chi connectivity index (χ4n) is 3.96. The van der Waals surface area contributed by atoms with E-state index in [0.717, 1.165) is 0 Å². The van der Waals surface area contributed by atoms with Crippen LogP contribution in [-0.4, -0.2) is 39.9 Å². The number of methoxy groups -OCH3 is 2. The highest BCUT2D eigenvalue weighted by molar-refractivity contribution is 7.87. The van der Waals surface area contributed by atoms with E-state index in [0.29, 0.717) is 21.9 Å². The lowest BCUT2D eigenvalue weighted by Gasteiger charge is -2.31. The van der Waals surface area contributed by atoms with E-state index in [9.17, 15) is 13.2 Å². The lowest BCUT2D eigenvalue weighted by Crippen LogP contribution is -2.40. The van der Waals surface area contributed by atoms with E-state index in [1.54, 1.807) is 36.4 Å². The summed E-state index contributed by atoms with van der Waals surface area (Å²) in [5, 5.41) is 2.65. The predicted octanol–water partition coefficient (Wildman–Crippen LogP) is 2.41. The number of ether oxygens (including phenoxy) is 2. The second-order valence-electron chi connectivity index (χ2n) is 6.67. The van der Waals surface area contributed by atoms with Crippen LogP contribution in [0.25, 0.3) is 0 Å². The van der Waals surface area contributed by atoms with Gasteiger partial charge in [0, 0.05) is 16.5 Å². The van der Waals surface area contributed by atoms with Crippen LogP contribution in [0.15, 0.2) is 42.5 Å². The molecule has 0 aromatic heterocycles. The van der Waals surface area contributed by atoms with Crippen LogP contribution in [0, 0.1) is 0 Å². The van der Waals surface area contributed by atoms with Crippen molar-refractivity contribution in [3.8, 4) is 11.5 Å². The van der Waals surface area contributed by atoms with Crippen molar-refractivity contribution >= 4 is 27.7 Å². The number of hydrogen-bond acceptors (Lipinski definition) is 7. The van der Waals surface area contributed by atoms with Gasteiger partial charge in [-0.25, -0.2) is 0 Å². The van der Waals surface area contributed by atoms with Gasteiger partial charge < -0.3 is 13.7 Å². The summed E-state index contributed by atoms with van der Waals surface area (Å²) in [6.07, 6.45) is 0. The van der Waals surface area contributed by atoms with E-state index >= 15 is 0 Å². The molecule has 2 aromatic carbocycles. The van der Waals surface area contributed by atoms with Gasteiger partial charge in [-0.05, 0) is 35.9 Å². The molecular formula is C19H18ClNO6S. The van der Waals surface area contributed by atoms with E-state index < -0.39 is 39.3 Å². The highest BCUT2D eigenvalue weighted by Gasteiger charge is 2.58. The molecule has 0 unspecified atom stereocenters. The molecule has 1 saturated heterocycles. The predicted molar refractivity (Wildman–Crippen MR) is 102 cm³/mol. The molecule has 28 heavy (non-hydrogen) atoms. The van der Waals surface area contributed by atoms with Crippen LogP contribution in [-0.2, 0) is 19.6 Å². The standard InChI is InChI=1S/C19H18ClNO6S/c1-25-12-7-8-14-13(9-12)15-17(19(22)26-2)21-16(18(15)28(23,24)27-14)10-3-5-11(20)6-4-10/h3-9,15-18,21H,1-2H3/t15-,16+,17+,18-/m1/s1. The van der Waals surface area contributed by atoms with Crippen molar-refractivity contribution in [2.75, 3.05) is 14.2 Å². The Morgan fingerprint density at radius 1 is 1.14 bits per heavy atom. The molecule has 1 fully saturated rings. The van der Waals surface area contributed by atoms with Crippen LogP contribution >= 0.6 is 11.6 Å². The van der Waals surface area contributed by atoms with Gasteiger partial charge in [0.1, 0.15) is 22.8 Å². The Morgan fingerprint density at radius 3 is 2.50 bits per heavy atom. The van der Waals surface area contributed by atoms with Crippen molar-refractivity contribution in [2.24, 2.45) is 0 Å². The first-order valence-corrected chi connectivity index (χ1v) is 10.4. The second-order valence-corrected chi connectivity index (χ2v) is 8.80. The maximum absolute atomic E-state index is 13.0. The lowest BCUT2D eigenvalue weighted by atomic mass is 9.88. The fraction of sp³-hybridized carbons (Fsp3) is 0.316. The summed E-state index contributed by atoms with van der Waals surface area (Å²) in [6.45, 7) is 0. The minimum Gasteiger partial charge on any atom is -0.497 e. The summed E-state index contributed by atoms with van der Waals surface area (Å²) in [6, 6.07) is 10.1. The van der Waals surface area contributed by atoms with E-state index in [2.05, 4.69) is 5.32 Å². The minimum atomic E-state index is -4.02. The Hall–Kier alpha value is -2.29. The molecule has 2 aromatic rings. The molecule has 2 heterocycles. The summed E-state index contributed by atoms with van der Waals surface area (Å²) >= 11 is 5.96. The van der Waals surface area contributed by atoms with Crippen molar-refractivity contribution in [3.63, 3.8) is 0 Å². The average Bonchev–Trinajstić information content (AvgIpc) is 3.09. The number of benzene rings is 2. The number of fused-ring (bicyclic) bond motifs is 3. The molecule has 0 bridgehead atoms. The Balaban J connectivity index is 1.89. The minimum absolute atomic E-state index is 0.189. The highest BCUT2D eigenvalue weighted by atomic mass is 35.5. The molecule has 0 saturated carbocycles. The maximum atomic E-state index is 13.0. The number of halogens is 1. The van der Waals surface area contributed by atoms with Gasteiger partial charge in [-0.15, -0.1) is 0 Å². The number of esters is 1. The number of carbonyl (C=O) groups is 1. The number of nitrogens with one attached hydrogen (secondary N) is 1. The van der Waals surface area contributed by atoms with Crippen LogP contribution in [0.1, 0.15) is 23.1 Å². The molecule has 1 N–H and O–H groups in total. The molecule has 0 radical (unpaired) electrons. The smallest absolute Gasteiger partial charge is 0.323 e. The zero-order valence-corrected chi connectivity index (χ0v) is 16.7. The van der Waals surface area contributed by atoms with Gasteiger partial charge in [0.25, 0.3) is 0 Å². The molecule has 4 atom stereocenters. The molecule has 9 heteroatoms. The van der Waals surface area contributed by atoms with E-state index in [-0.39, 0.29) is 5.75 Å². The second kappa shape index (κ2) is 6.95. The molecule has 0 spiro atoms. The third-order valence-electron chi connectivity index (χ3n) is 5.20. The normalized spacial score (nSPS) is 27.2. The van der Waals surface area contributed by atoms with Crippen LogP contribution in [0.4, 0.5) is 0 Å². The van der Waals surface area contributed by atoms with E-state index in [1.165, 1.54) is 20.3 Å². The van der Waals surface area contributed by atoms with Gasteiger partial charge in [0.15, 0.2) is 0 Å². The van der Waals surface area contributed by atoms with Gasteiger partial charge in [0.2, 0.25) is 0 Å². The fourth-order valence-corrected chi connectivity index (χ4v) is 5.83. The third kappa shape index (κ3) is 3.01. The molecule has 2 aliphatic heterocycles. The van der Waals surface area contributed by atoms with Gasteiger partial charge in [-0.2, -0.15) is 8.42 Å². The summed E-state index contributed by atoms with van der Waals surface area (Å²) in [5.74, 6) is -0.511. The van der Waals surface area contributed by atoms with Crippen LogP contribution in [0.5, 0.6) is 11.5 Å². The first kappa shape index (κ1) is 19.0. The molecule has 2 aliphatic rings. The Bertz CT molecular complexity index is 1020. The first-order chi connectivity index (χ1) is 13.4. The Morgan fingerprint density at radius 2 is 1.86 bits per heavy atom. The SMILES string of the molecule is COC(=O)[C@H]1N[C@@H](c2ccc(Cl)cc2)[C@H]2[C@@H]1c1cc(OC)ccc1OS2(=O)=O. The van der Waals surface area contributed by atoms with Crippen molar-refractivity contribution < 1.29 is 26.9 Å². The third-order valence-corrected chi connectivity index (χ3v) is 7.10. The monoisotopic (exact) mass is 423 g/mol. The zero-order chi connectivity index (χ0) is 20.1. The zero-order valence-electron chi connectivity index (χ0n) is 15.1. The lowest BCUT2D eigenvalue weighted by molar-refractivity contribution is -0.143. The van der Waals surface area contributed by atoms with Gasteiger partial charge in [-0.3, -0.25) is 10.1 Å². The summed E-state index contributed by atoms with van der Waals surface area (Å²) in [7, 11) is -1.23. The Labute approximate surface area is 167 Å². The van der Waals surface area contributed by atoms with Gasteiger partial charge in [0.05, 0.1) is 20.3 Å². The average molecular weight is 424 g/mol. The molecule has 0 aliphatic carbocycles. The molecule has 148 valence electrons. The maximum Gasteiger partial charge on any atom is 0.323 e. The van der Waals surface area contributed by atoms with Crippen LogP contribution in [0.2, 0.25) is 5.02 Å². The van der Waals surface area contributed by atoms with Gasteiger partial charge in [-0.1, -0.05) is 23.7 Å². The summed E-state index contributed by atoms with van der Waals surface area (Å²) in [5.41, 5.74) is 1.27. The van der Waals surface area contributed by atoms with E-state index in [4.69, 9.17) is 25.3 Å². The van der Waals surface area contributed by atoms with Crippen molar-refractivity contribution in [2.45, 2.75) is 23.3 Å². The molecular weight excluding hydrogens is 406 g/mol.